The molecule has 0 aromatic carbocycles. The normalized spacial score (nSPS) is 16.8. The second-order valence-corrected chi connectivity index (χ2v) is 5.94. The summed E-state index contributed by atoms with van der Waals surface area (Å²) < 4.78 is 3.65. The van der Waals surface area contributed by atoms with Crippen LogP contribution in [-0.4, -0.2) is 0 Å². The first-order valence-electron chi connectivity index (χ1n) is 6.24. The molecule has 0 aliphatic heterocycles. The van der Waals surface area contributed by atoms with Gasteiger partial charge in [-0.1, -0.05) is 12.8 Å². The second kappa shape index (κ2) is 4.17. The number of aromatic nitrogens is 1. The number of thiophene rings is 1. The van der Waals surface area contributed by atoms with Crippen molar-refractivity contribution >= 4 is 21.4 Å². The summed E-state index contributed by atoms with van der Waals surface area (Å²) in [4.78, 5) is 1.65. The highest BCUT2D eigenvalue weighted by Crippen LogP contribution is 2.34. The summed E-state index contributed by atoms with van der Waals surface area (Å²) in [5.41, 5.74) is 1.65. The number of fused-ring (bicyclic) bond motifs is 3. The van der Waals surface area contributed by atoms with E-state index in [1.807, 2.05) is 11.3 Å². The average molecular weight is 232 g/mol. The minimum Gasteiger partial charge on any atom is -0.207 e. The van der Waals surface area contributed by atoms with E-state index in [1.54, 1.807) is 10.4 Å². The molecular weight excluding hydrogens is 214 g/mol. The smallest absolute Gasteiger partial charge is 0.177 e. The predicted octanol–water partition coefficient (Wildman–Crippen LogP) is 3.38. The zero-order valence-corrected chi connectivity index (χ0v) is 10.6. The Morgan fingerprint density at radius 3 is 2.81 bits per heavy atom. The van der Waals surface area contributed by atoms with Gasteiger partial charge in [0.1, 0.15) is 7.05 Å². The van der Waals surface area contributed by atoms with E-state index in [-0.39, 0.29) is 0 Å². The van der Waals surface area contributed by atoms with E-state index in [4.69, 9.17) is 0 Å². The first-order valence-corrected chi connectivity index (χ1v) is 7.06. The van der Waals surface area contributed by atoms with Crippen molar-refractivity contribution in [3.05, 3.63) is 28.9 Å². The van der Waals surface area contributed by atoms with Crippen LogP contribution in [0.2, 0.25) is 0 Å². The molecule has 2 aromatic rings. The van der Waals surface area contributed by atoms with E-state index in [0.29, 0.717) is 0 Å². The fourth-order valence-electron chi connectivity index (χ4n) is 2.66. The molecule has 1 nitrogen and oxygen atoms in total. The SMILES string of the molecule is C[n+]1ccc2sc3c(c2c1)CCCCCC3. The zero-order valence-electron chi connectivity index (χ0n) is 9.83. The number of hydrogen-bond acceptors (Lipinski definition) is 1. The summed E-state index contributed by atoms with van der Waals surface area (Å²) in [5.74, 6) is 0. The van der Waals surface area contributed by atoms with Crippen molar-refractivity contribution in [1.82, 2.24) is 0 Å². The van der Waals surface area contributed by atoms with Crippen molar-refractivity contribution in [2.45, 2.75) is 38.5 Å². The standard InChI is InChI=1S/C14H18NS/c1-15-9-8-14-12(10-15)11-6-4-2-3-5-7-13(11)16-14/h8-10H,2-7H2,1H3/q+1. The van der Waals surface area contributed by atoms with Gasteiger partial charge in [-0.3, -0.25) is 0 Å². The van der Waals surface area contributed by atoms with Crippen LogP contribution < -0.4 is 4.57 Å². The Labute approximate surface area is 101 Å². The summed E-state index contributed by atoms with van der Waals surface area (Å²) in [5, 5.41) is 1.51. The summed E-state index contributed by atoms with van der Waals surface area (Å²) >= 11 is 2.02. The monoisotopic (exact) mass is 232 g/mol. The van der Waals surface area contributed by atoms with Crippen molar-refractivity contribution in [3.63, 3.8) is 0 Å². The van der Waals surface area contributed by atoms with Gasteiger partial charge in [0.05, 0.1) is 5.39 Å². The highest BCUT2D eigenvalue weighted by Gasteiger charge is 2.15. The molecule has 0 amide bonds. The predicted molar refractivity (Wildman–Crippen MR) is 68.9 cm³/mol. The molecule has 0 saturated heterocycles. The third kappa shape index (κ3) is 1.75. The molecule has 0 spiro atoms. The van der Waals surface area contributed by atoms with Gasteiger partial charge in [-0.2, -0.15) is 0 Å². The second-order valence-electron chi connectivity index (χ2n) is 4.81. The highest BCUT2D eigenvalue weighted by atomic mass is 32.1. The molecule has 2 heteroatoms. The lowest BCUT2D eigenvalue weighted by atomic mass is 9.98. The fourth-order valence-corrected chi connectivity index (χ4v) is 3.92. The van der Waals surface area contributed by atoms with Crippen LogP contribution in [0, 0.1) is 0 Å². The van der Waals surface area contributed by atoms with Gasteiger partial charge in [-0.05, 0) is 31.2 Å². The van der Waals surface area contributed by atoms with E-state index < -0.39 is 0 Å². The molecule has 16 heavy (non-hydrogen) atoms. The van der Waals surface area contributed by atoms with Crippen LogP contribution in [0.4, 0.5) is 0 Å². The van der Waals surface area contributed by atoms with Gasteiger partial charge in [0.15, 0.2) is 12.4 Å². The summed E-state index contributed by atoms with van der Waals surface area (Å²) in [7, 11) is 2.12. The van der Waals surface area contributed by atoms with Gasteiger partial charge in [0.2, 0.25) is 0 Å². The number of pyridine rings is 1. The van der Waals surface area contributed by atoms with Gasteiger partial charge < -0.3 is 0 Å². The van der Waals surface area contributed by atoms with Crippen molar-refractivity contribution in [3.8, 4) is 0 Å². The Kier molecular flexibility index (Phi) is 2.68. The summed E-state index contributed by atoms with van der Waals surface area (Å²) in [6.07, 6.45) is 12.6. The minimum atomic E-state index is 1.29. The lowest BCUT2D eigenvalue weighted by Crippen LogP contribution is -2.25. The molecule has 1 aliphatic carbocycles. The zero-order chi connectivity index (χ0) is 11.0. The molecule has 2 heterocycles. The van der Waals surface area contributed by atoms with Crippen LogP contribution in [0.15, 0.2) is 18.5 Å². The number of aryl methyl sites for hydroxylation is 3. The molecule has 0 radical (unpaired) electrons. The maximum atomic E-state index is 2.30. The third-order valence-electron chi connectivity index (χ3n) is 3.53. The highest BCUT2D eigenvalue weighted by molar-refractivity contribution is 7.19. The largest absolute Gasteiger partial charge is 0.207 e. The number of rotatable bonds is 0. The first kappa shape index (κ1) is 10.3. The maximum absolute atomic E-state index is 2.30. The Balaban J connectivity index is 2.17. The average Bonchev–Trinajstić information content (AvgIpc) is 2.55. The Morgan fingerprint density at radius 2 is 1.94 bits per heavy atom. The van der Waals surface area contributed by atoms with Crippen molar-refractivity contribution in [1.29, 1.82) is 0 Å². The topological polar surface area (TPSA) is 3.88 Å². The molecule has 2 aromatic heterocycles. The molecule has 3 rings (SSSR count). The molecule has 84 valence electrons. The van der Waals surface area contributed by atoms with Crippen LogP contribution in [-0.2, 0) is 19.9 Å². The number of hydrogen-bond donors (Lipinski definition) is 0. The van der Waals surface area contributed by atoms with E-state index in [9.17, 15) is 0 Å². The fraction of sp³-hybridized carbons (Fsp3) is 0.500. The van der Waals surface area contributed by atoms with Gasteiger partial charge in [0, 0.05) is 15.6 Å². The Hall–Kier alpha value is -0.890. The van der Waals surface area contributed by atoms with E-state index in [1.165, 1.54) is 48.6 Å². The first-order chi connectivity index (χ1) is 7.84. The molecule has 0 bridgehead atoms. The van der Waals surface area contributed by atoms with Crippen molar-refractivity contribution < 1.29 is 4.57 Å². The molecule has 1 aliphatic rings. The third-order valence-corrected chi connectivity index (χ3v) is 4.81. The molecular formula is C14H18NS+. The molecule has 0 atom stereocenters. The maximum Gasteiger partial charge on any atom is 0.177 e. The van der Waals surface area contributed by atoms with Crippen molar-refractivity contribution in [2.75, 3.05) is 0 Å². The Bertz CT molecular complexity index is 513. The van der Waals surface area contributed by atoms with Gasteiger partial charge >= 0.3 is 0 Å². The van der Waals surface area contributed by atoms with Crippen LogP contribution in [0.1, 0.15) is 36.1 Å². The lowest BCUT2D eigenvalue weighted by Gasteiger charge is -2.08. The van der Waals surface area contributed by atoms with Gasteiger partial charge in [0.25, 0.3) is 0 Å². The van der Waals surface area contributed by atoms with E-state index in [0.717, 1.165) is 0 Å². The molecule has 0 saturated carbocycles. The van der Waals surface area contributed by atoms with Crippen LogP contribution in [0.3, 0.4) is 0 Å². The van der Waals surface area contributed by atoms with E-state index in [2.05, 4.69) is 30.1 Å². The van der Waals surface area contributed by atoms with Gasteiger partial charge in [-0.25, -0.2) is 4.57 Å². The van der Waals surface area contributed by atoms with Crippen LogP contribution >= 0.6 is 11.3 Å². The van der Waals surface area contributed by atoms with Gasteiger partial charge in [-0.15, -0.1) is 11.3 Å². The van der Waals surface area contributed by atoms with Crippen LogP contribution in [0.5, 0.6) is 0 Å². The summed E-state index contributed by atoms with van der Waals surface area (Å²) in [6.45, 7) is 0. The van der Waals surface area contributed by atoms with Crippen LogP contribution in [0.25, 0.3) is 10.1 Å². The summed E-state index contributed by atoms with van der Waals surface area (Å²) in [6, 6.07) is 2.27. The lowest BCUT2D eigenvalue weighted by molar-refractivity contribution is -0.670. The molecule has 0 N–H and O–H groups in total. The Morgan fingerprint density at radius 1 is 1.12 bits per heavy atom. The molecule has 0 fully saturated rings. The quantitative estimate of drug-likeness (QED) is 0.613. The van der Waals surface area contributed by atoms with Crippen molar-refractivity contribution in [2.24, 2.45) is 7.05 Å². The molecule has 0 unspecified atom stereocenters. The van der Waals surface area contributed by atoms with E-state index >= 15 is 0 Å². The number of nitrogens with zero attached hydrogens (tertiary/aromatic N) is 1. The minimum absolute atomic E-state index is 1.29.